The standard InChI is InChI=1S/C9H13NO3S2/c11-7-8-3-4-10(6-8)15(12,13)9-2-1-5-14-9/h1-2,5,8,11H,3-4,6-7H2. The van der Waals surface area contributed by atoms with Crippen LogP contribution >= 0.6 is 11.3 Å². The number of hydrogen-bond acceptors (Lipinski definition) is 4. The summed E-state index contributed by atoms with van der Waals surface area (Å²) in [5, 5.41) is 10.7. The third kappa shape index (κ3) is 2.08. The van der Waals surface area contributed by atoms with Crippen molar-refractivity contribution in [3.05, 3.63) is 17.5 Å². The smallest absolute Gasteiger partial charge is 0.252 e. The number of hydrogen-bond donors (Lipinski definition) is 1. The Labute approximate surface area is 93.2 Å². The highest BCUT2D eigenvalue weighted by atomic mass is 32.2. The van der Waals surface area contributed by atoms with Gasteiger partial charge in [0.05, 0.1) is 0 Å². The van der Waals surface area contributed by atoms with E-state index in [-0.39, 0.29) is 12.5 Å². The zero-order chi connectivity index (χ0) is 10.9. The predicted octanol–water partition coefficient (Wildman–Crippen LogP) is 0.751. The lowest BCUT2D eigenvalue weighted by Crippen LogP contribution is -2.28. The summed E-state index contributed by atoms with van der Waals surface area (Å²) in [6.07, 6.45) is 0.751. The fourth-order valence-corrected chi connectivity index (χ4v) is 4.38. The molecule has 2 rings (SSSR count). The van der Waals surface area contributed by atoms with Gasteiger partial charge >= 0.3 is 0 Å². The van der Waals surface area contributed by atoms with E-state index in [2.05, 4.69) is 0 Å². The Bertz CT molecular complexity index is 413. The van der Waals surface area contributed by atoms with Crippen LogP contribution in [0.5, 0.6) is 0 Å². The summed E-state index contributed by atoms with van der Waals surface area (Å²) >= 11 is 1.23. The minimum absolute atomic E-state index is 0.0659. The monoisotopic (exact) mass is 247 g/mol. The average molecular weight is 247 g/mol. The van der Waals surface area contributed by atoms with E-state index in [4.69, 9.17) is 5.11 Å². The normalized spacial score (nSPS) is 23.4. The van der Waals surface area contributed by atoms with Gasteiger partial charge in [-0.05, 0) is 23.8 Å². The van der Waals surface area contributed by atoms with Crippen molar-refractivity contribution in [2.45, 2.75) is 10.6 Å². The van der Waals surface area contributed by atoms with Crippen LogP contribution in [0.3, 0.4) is 0 Å². The van der Waals surface area contributed by atoms with Crippen LogP contribution in [-0.2, 0) is 10.0 Å². The van der Waals surface area contributed by atoms with Crippen LogP contribution in [0.2, 0.25) is 0 Å². The lowest BCUT2D eigenvalue weighted by atomic mass is 10.1. The summed E-state index contributed by atoms with van der Waals surface area (Å²) < 4.78 is 25.9. The average Bonchev–Trinajstić information content (AvgIpc) is 2.89. The maximum atomic E-state index is 12.0. The molecular weight excluding hydrogens is 234 g/mol. The van der Waals surface area contributed by atoms with Crippen molar-refractivity contribution in [2.75, 3.05) is 19.7 Å². The van der Waals surface area contributed by atoms with Crippen molar-refractivity contribution in [1.29, 1.82) is 0 Å². The van der Waals surface area contributed by atoms with E-state index in [0.717, 1.165) is 6.42 Å². The first kappa shape index (κ1) is 11.1. The second-order valence-electron chi connectivity index (χ2n) is 3.63. The van der Waals surface area contributed by atoms with Gasteiger partial charge in [0.1, 0.15) is 4.21 Å². The molecule has 6 heteroatoms. The molecule has 1 aliphatic heterocycles. The van der Waals surface area contributed by atoms with Crippen molar-refractivity contribution in [1.82, 2.24) is 4.31 Å². The molecule has 0 saturated carbocycles. The first-order valence-electron chi connectivity index (χ1n) is 4.79. The fraction of sp³-hybridized carbons (Fsp3) is 0.556. The van der Waals surface area contributed by atoms with Gasteiger partial charge in [-0.25, -0.2) is 8.42 Å². The van der Waals surface area contributed by atoms with Gasteiger partial charge in [-0.2, -0.15) is 4.31 Å². The second-order valence-corrected chi connectivity index (χ2v) is 6.74. The molecule has 1 aliphatic rings. The van der Waals surface area contributed by atoms with Gasteiger partial charge in [0.25, 0.3) is 10.0 Å². The highest BCUT2D eigenvalue weighted by Crippen LogP contribution is 2.26. The Kier molecular flexibility index (Phi) is 3.11. The molecule has 1 fully saturated rings. The topological polar surface area (TPSA) is 57.6 Å². The number of aliphatic hydroxyl groups excluding tert-OH is 1. The number of thiophene rings is 1. The van der Waals surface area contributed by atoms with E-state index in [1.807, 2.05) is 0 Å². The summed E-state index contributed by atoms with van der Waals surface area (Å²) in [6.45, 7) is 1.03. The quantitative estimate of drug-likeness (QED) is 0.857. The summed E-state index contributed by atoms with van der Waals surface area (Å²) in [4.78, 5) is 0. The first-order valence-corrected chi connectivity index (χ1v) is 7.11. The number of aliphatic hydroxyl groups is 1. The third-order valence-electron chi connectivity index (χ3n) is 2.60. The Morgan fingerprint density at radius 2 is 2.40 bits per heavy atom. The van der Waals surface area contributed by atoms with Gasteiger partial charge in [-0.3, -0.25) is 0 Å². The Morgan fingerprint density at radius 1 is 1.60 bits per heavy atom. The highest BCUT2D eigenvalue weighted by molar-refractivity contribution is 7.91. The zero-order valence-electron chi connectivity index (χ0n) is 8.17. The number of sulfonamides is 1. The molecule has 1 aromatic heterocycles. The predicted molar refractivity (Wildman–Crippen MR) is 58.3 cm³/mol. The second kappa shape index (κ2) is 4.21. The largest absolute Gasteiger partial charge is 0.396 e. The van der Waals surface area contributed by atoms with Crippen LogP contribution in [0.15, 0.2) is 21.7 Å². The SMILES string of the molecule is O=S(=O)(c1cccs1)N1CCC(CO)C1. The molecule has 2 heterocycles. The van der Waals surface area contributed by atoms with E-state index in [1.54, 1.807) is 17.5 Å². The molecule has 1 aromatic rings. The molecule has 1 N–H and O–H groups in total. The van der Waals surface area contributed by atoms with E-state index < -0.39 is 10.0 Å². The van der Waals surface area contributed by atoms with Crippen molar-refractivity contribution >= 4 is 21.4 Å². The molecule has 0 bridgehead atoms. The van der Waals surface area contributed by atoms with Gasteiger partial charge in [0.15, 0.2) is 0 Å². The van der Waals surface area contributed by atoms with Gasteiger partial charge in [0.2, 0.25) is 0 Å². The Morgan fingerprint density at radius 3 is 2.93 bits per heavy atom. The van der Waals surface area contributed by atoms with Gasteiger partial charge in [0, 0.05) is 19.7 Å². The lowest BCUT2D eigenvalue weighted by molar-refractivity contribution is 0.233. The van der Waals surface area contributed by atoms with Crippen molar-refractivity contribution < 1.29 is 13.5 Å². The lowest BCUT2D eigenvalue weighted by Gasteiger charge is -2.14. The molecule has 0 aliphatic carbocycles. The van der Waals surface area contributed by atoms with E-state index >= 15 is 0 Å². The van der Waals surface area contributed by atoms with Crippen LogP contribution in [0, 0.1) is 5.92 Å². The Hall–Kier alpha value is -0.430. The minimum Gasteiger partial charge on any atom is -0.396 e. The van der Waals surface area contributed by atoms with Gasteiger partial charge < -0.3 is 5.11 Å². The molecular formula is C9H13NO3S2. The van der Waals surface area contributed by atoms with E-state index in [0.29, 0.717) is 17.3 Å². The number of nitrogens with zero attached hydrogens (tertiary/aromatic N) is 1. The molecule has 84 valence electrons. The molecule has 1 atom stereocenters. The summed E-state index contributed by atoms with van der Waals surface area (Å²) in [7, 11) is -3.30. The minimum atomic E-state index is -3.30. The molecule has 15 heavy (non-hydrogen) atoms. The van der Waals surface area contributed by atoms with Crippen LogP contribution in [0.1, 0.15) is 6.42 Å². The van der Waals surface area contributed by atoms with Crippen LogP contribution < -0.4 is 0 Å². The van der Waals surface area contributed by atoms with E-state index in [1.165, 1.54) is 15.6 Å². The fourth-order valence-electron chi connectivity index (χ4n) is 1.70. The molecule has 4 nitrogen and oxygen atoms in total. The molecule has 1 saturated heterocycles. The molecule has 1 unspecified atom stereocenters. The summed E-state index contributed by atoms with van der Waals surface area (Å²) in [5.41, 5.74) is 0. The van der Waals surface area contributed by atoms with Crippen LogP contribution in [-0.4, -0.2) is 37.5 Å². The van der Waals surface area contributed by atoms with Crippen molar-refractivity contribution in [3.63, 3.8) is 0 Å². The zero-order valence-corrected chi connectivity index (χ0v) is 9.80. The summed E-state index contributed by atoms with van der Waals surface area (Å²) in [6, 6.07) is 3.35. The van der Waals surface area contributed by atoms with Crippen LogP contribution in [0.25, 0.3) is 0 Å². The maximum Gasteiger partial charge on any atom is 0.252 e. The molecule has 0 amide bonds. The number of rotatable bonds is 3. The molecule has 0 aromatic carbocycles. The van der Waals surface area contributed by atoms with E-state index in [9.17, 15) is 8.42 Å². The third-order valence-corrected chi connectivity index (χ3v) is 5.83. The maximum absolute atomic E-state index is 12.0. The van der Waals surface area contributed by atoms with Gasteiger partial charge in [-0.15, -0.1) is 11.3 Å². The molecule has 0 spiro atoms. The molecule has 0 radical (unpaired) electrons. The summed E-state index contributed by atoms with van der Waals surface area (Å²) in [5.74, 6) is 0.0970. The van der Waals surface area contributed by atoms with Crippen molar-refractivity contribution in [3.8, 4) is 0 Å². The Balaban J connectivity index is 2.18. The van der Waals surface area contributed by atoms with Crippen LogP contribution in [0.4, 0.5) is 0 Å². The van der Waals surface area contributed by atoms with Crippen molar-refractivity contribution in [2.24, 2.45) is 5.92 Å². The highest BCUT2D eigenvalue weighted by Gasteiger charge is 2.32. The van der Waals surface area contributed by atoms with Gasteiger partial charge in [-0.1, -0.05) is 6.07 Å². The first-order chi connectivity index (χ1) is 7.14.